The summed E-state index contributed by atoms with van der Waals surface area (Å²) in [6, 6.07) is 21.3. The molecule has 0 N–H and O–H groups in total. The molecule has 1 fully saturated rings. The second-order valence-electron chi connectivity index (χ2n) is 8.19. The number of benzene rings is 2. The maximum Gasteiger partial charge on any atom is 0.254 e. The Morgan fingerprint density at radius 3 is 2.47 bits per heavy atom. The predicted octanol–water partition coefficient (Wildman–Crippen LogP) is 3.50. The molecule has 0 aliphatic carbocycles. The van der Waals surface area contributed by atoms with E-state index >= 15 is 0 Å². The summed E-state index contributed by atoms with van der Waals surface area (Å²) < 4.78 is 13.3. The Labute approximate surface area is 188 Å². The molecule has 166 valence electrons. The van der Waals surface area contributed by atoms with E-state index in [9.17, 15) is 9.59 Å². The van der Waals surface area contributed by atoms with Crippen molar-refractivity contribution in [2.75, 3.05) is 13.1 Å². The molecular weight excluding hydrogens is 404 g/mol. The van der Waals surface area contributed by atoms with Gasteiger partial charge in [0.2, 0.25) is 5.91 Å². The van der Waals surface area contributed by atoms with Crippen LogP contribution in [0, 0.1) is 6.92 Å². The van der Waals surface area contributed by atoms with Gasteiger partial charge in [0.15, 0.2) is 0 Å². The van der Waals surface area contributed by atoms with Crippen molar-refractivity contribution < 1.29 is 14.3 Å². The van der Waals surface area contributed by atoms with E-state index in [0.717, 1.165) is 22.6 Å². The lowest BCUT2D eigenvalue weighted by Gasteiger charge is -2.39. The molecule has 0 atom stereocenters. The van der Waals surface area contributed by atoms with Gasteiger partial charge < -0.3 is 18.9 Å². The number of nitrogens with zero attached hydrogens (tertiary/aromatic N) is 2. The predicted molar refractivity (Wildman–Crippen MR) is 123 cm³/mol. The van der Waals surface area contributed by atoms with Gasteiger partial charge in [0.1, 0.15) is 24.2 Å². The van der Waals surface area contributed by atoms with E-state index in [-0.39, 0.29) is 17.6 Å². The van der Waals surface area contributed by atoms with Gasteiger partial charge in [-0.25, -0.2) is 0 Å². The highest BCUT2D eigenvalue weighted by Crippen LogP contribution is 2.20. The van der Waals surface area contributed by atoms with Crippen LogP contribution >= 0.6 is 0 Å². The highest BCUT2D eigenvalue weighted by atomic mass is 16.5. The van der Waals surface area contributed by atoms with Gasteiger partial charge in [-0.1, -0.05) is 42.5 Å². The number of ether oxygens (including phenoxy) is 2. The molecule has 4 rings (SSSR count). The zero-order chi connectivity index (χ0) is 22.5. The lowest BCUT2D eigenvalue weighted by atomic mass is 10.1. The molecule has 0 bridgehead atoms. The fraction of sp³-hybridized carbons (Fsp3) is 0.308. The Morgan fingerprint density at radius 2 is 1.72 bits per heavy atom. The highest BCUT2D eigenvalue weighted by molar-refractivity contribution is 5.77. The van der Waals surface area contributed by atoms with Gasteiger partial charge in [0.25, 0.3) is 5.56 Å². The molecule has 0 unspecified atom stereocenters. The number of pyridine rings is 1. The van der Waals surface area contributed by atoms with Gasteiger partial charge in [0.05, 0.1) is 13.1 Å². The molecule has 0 spiro atoms. The maximum absolute atomic E-state index is 12.5. The average Bonchev–Trinajstić information content (AvgIpc) is 2.77. The largest absolute Gasteiger partial charge is 0.489 e. The van der Waals surface area contributed by atoms with Crippen LogP contribution in [0.1, 0.15) is 23.2 Å². The van der Waals surface area contributed by atoms with E-state index < -0.39 is 0 Å². The Balaban J connectivity index is 1.22. The minimum Gasteiger partial charge on any atom is -0.489 e. The van der Waals surface area contributed by atoms with E-state index in [0.29, 0.717) is 38.3 Å². The third kappa shape index (κ3) is 5.38. The van der Waals surface area contributed by atoms with E-state index in [4.69, 9.17) is 9.47 Å². The van der Waals surface area contributed by atoms with E-state index in [1.807, 2.05) is 67.6 Å². The first-order valence-electron chi connectivity index (χ1n) is 10.9. The standard InChI is InChI=1S/C26H28N2O4/c1-19-13-23(15-26(30)27(19)2)32-24-16-28(17-24)25(29)12-11-20-9-6-10-22(14-20)31-18-21-7-4-3-5-8-21/h3-10,13-15,24H,11-12,16-18H2,1-2H3. The van der Waals surface area contributed by atoms with Crippen molar-refractivity contribution in [3.05, 3.63) is 93.9 Å². The number of rotatable bonds is 8. The molecule has 6 nitrogen and oxygen atoms in total. The number of aromatic nitrogens is 1. The molecule has 2 heterocycles. The number of aryl methyl sites for hydroxylation is 2. The summed E-state index contributed by atoms with van der Waals surface area (Å²) in [5, 5.41) is 0. The van der Waals surface area contributed by atoms with Crippen molar-refractivity contribution in [1.29, 1.82) is 0 Å². The van der Waals surface area contributed by atoms with Gasteiger partial charge in [-0.05, 0) is 42.7 Å². The summed E-state index contributed by atoms with van der Waals surface area (Å²) >= 11 is 0. The first kappa shape index (κ1) is 21.7. The summed E-state index contributed by atoms with van der Waals surface area (Å²) in [5.41, 5.74) is 2.94. The number of carbonyl (C=O) groups is 1. The lowest BCUT2D eigenvalue weighted by molar-refractivity contribution is -0.139. The summed E-state index contributed by atoms with van der Waals surface area (Å²) in [6.45, 7) is 3.48. The maximum atomic E-state index is 12.5. The fourth-order valence-electron chi connectivity index (χ4n) is 3.65. The molecule has 1 aliphatic heterocycles. The molecule has 1 aliphatic rings. The summed E-state index contributed by atoms with van der Waals surface area (Å²) in [6.07, 6.45) is 1.04. The van der Waals surface area contributed by atoms with Crippen molar-refractivity contribution in [1.82, 2.24) is 9.47 Å². The molecule has 32 heavy (non-hydrogen) atoms. The quantitative estimate of drug-likeness (QED) is 0.547. The van der Waals surface area contributed by atoms with Gasteiger partial charge in [-0.3, -0.25) is 9.59 Å². The zero-order valence-corrected chi connectivity index (χ0v) is 18.5. The minimum absolute atomic E-state index is 0.0693. The molecule has 1 aromatic heterocycles. The van der Waals surface area contributed by atoms with Gasteiger partial charge in [0, 0.05) is 25.2 Å². The Bertz CT molecular complexity index is 1130. The molecule has 0 saturated carbocycles. The molecule has 2 aromatic carbocycles. The Kier molecular flexibility index (Phi) is 6.59. The van der Waals surface area contributed by atoms with Crippen molar-refractivity contribution in [3.63, 3.8) is 0 Å². The van der Waals surface area contributed by atoms with Crippen LogP contribution in [0.4, 0.5) is 0 Å². The number of hydrogen-bond acceptors (Lipinski definition) is 4. The van der Waals surface area contributed by atoms with E-state index in [1.54, 1.807) is 16.5 Å². The van der Waals surface area contributed by atoms with Crippen LogP contribution in [0.2, 0.25) is 0 Å². The molecule has 1 amide bonds. The third-order valence-electron chi connectivity index (χ3n) is 5.75. The van der Waals surface area contributed by atoms with Gasteiger partial charge in [-0.2, -0.15) is 0 Å². The molecular formula is C26H28N2O4. The first-order valence-corrected chi connectivity index (χ1v) is 10.9. The second kappa shape index (κ2) is 9.73. The van der Waals surface area contributed by atoms with Crippen molar-refractivity contribution in [2.45, 2.75) is 32.5 Å². The molecule has 3 aromatic rings. The van der Waals surface area contributed by atoms with Gasteiger partial charge >= 0.3 is 0 Å². The van der Waals surface area contributed by atoms with E-state index in [1.165, 1.54) is 6.07 Å². The minimum atomic E-state index is -0.0952. The molecule has 6 heteroatoms. The van der Waals surface area contributed by atoms with Crippen LogP contribution in [0.25, 0.3) is 0 Å². The van der Waals surface area contributed by atoms with Crippen molar-refractivity contribution >= 4 is 5.91 Å². The van der Waals surface area contributed by atoms with Crippen LogP contribution in [-0.4, -0.2) is 34.6 Å². The lowest BCUT2D eigenvalue weighted by Crippen LogP contribution is -2.56. The Hall–Kier alpha value is -3.54. The monoisotopic (exact) mass is 432 g/mol. The SMILES string of the molecule is Cc1cc(OC2CN(C(=O)CCc3cccc(OCc4ccccc4)c3)C2)cc(=O)n1C. The number of hydrogen-bond donors (Lipinski definition) is 0. The fourth-order valence-corrected chi connectivity index (χ4v) is 3.65. The number of carbonyl (C=O) groups excluding carboxylic acids is 1. The van der Waals surface area contributed by atoms with Crippen LogP contribution in [0.15, 0.2) is 71.5 Å². The van der Waals surface area contributed by atoms with Crippen molar-refractivity contribution in [2.24, 2.45) is 7.05 Å². The second-order valence-corrected chi connectivity index (χ2v) is 8.19. The van der Waals surface area contributed by atoms with Crippen molar-refractivity contribution in [3.8, 4) is 11.5 Å². The van der Waals surface area contributed by atoms with Crippen LogP contribution < -0.4 is 15.0 Å². The normalized spacial score (nSPS) is 13.5. The third-order valence-corrected chi connectivity index (χ3v) is 5.75. The zero-order valence-electron chi connectivity index (χ0n) is 18.5. The van der Waals surface area contributed by atoms with Crippen LogP contribution in [-0.2, 0) is 24.9 Å². The van der Waals surface area contributed by atoms with Crippen LogP contribution in [0.3, 0.4) is 0 Å². The number of likely N-dealkylation sites (tertiary alicyclic amines) is 1. The topological polar surface area (TPSA) is 60.8 Å². The number of amides is 1. The van der Waals surface area contributed by atoms with Gasteiger partial charge in [-0.15, -0.1) is 0 Å². The Morgan fingerprint density at radius 1 is 0.969 bits per heavy atom. The summed E-state index contributed by atoms with van der Waals surface area (Å²) in [4.78, 5) is 26.2. The van der Waals surface area contributed by atoms with E-state index in [2.05, 4.69) is 0 Å². The smallest absolute Gasteiger partial charge is 0.254 e. The summed E-state index contributed by atoms with van der Waals surface area (Å²) in [5.74, 6) is 1.48. The first-order chi connectivity index (χ1) is 15.5. The highest BCUT2D eigenvalue weighted by Gasteiger charge is 2.32. The average molecular weight is 433 g/mol. The summed E-state index contributed by atoms with van der Waals surface area (Å²) in [7, 11) is 1.73. The van der Waals surface area contributed by atoms with Crippen LogP contribution in [0.5, 0.6) is 11.5 Å². The molecule has 0 radical (unpaired) electrons. The molecule has 1 saturated heterocycles.